The Morgan fingerprint density at radius 3 is 2.46 bits per heavy atom. The first kappa shape index (κ1) is 28.8. The van der Waals surface area contributed by atoms with Gasteiger partial charge in [-0.25, -0.2) is 9.18 Å². The molecule has 2 aliphatic rings. The minimum atomic E-state index is -5.01. The van der Waals surface area contributed by atoms with Crippen molar-refractivity contribution in [1.82, 2.24) is 4.90 Å². The normalized spacial score (nSPS) is 16.2. The summed E-state index contributed by atoms with van der Waals surface area (Å²) >= 11 is 0. The van der Waals surface area contributed by atoms with Crippen LogP contribution in [0.5, 0.6) is 5.75 Å². The van der Waals surface area contributed by atoms with Crippen LogP contribution < -0.4 is 4.74 Å². The van der Waals surface area contributed by atoms with Gasteiger partial charge in [0.1, 0.15) is 11.6 Å². The van der Waals surface area contributed by atoms with Gasteiger partial charge >= 0.3 is 12.3 Å². The molecule has 216 valence electrons. The lowest BCUT2D eigenvalue weighted by molar-refractivity contribution is -0.274. The molecule has 0 spiro atoms. The smallest absolute Gasteiger partial charge is 0.478 e. The fourth-order valence-electron chi connectivity index (χ4n) is 5.92. The van der Waals surface area contributed by atoms with Crippen LogP contribution in [0.2, 0.25) is 0 Å². The van der Waals surface area contributed by atoms with Crippen LogP contribution in [-0.2, 0) is 12.8 Å². The molecule has 0 atom stereocenters. The molecule has 1 fully saturated rings. The Hall–Kier alpha value is -3.72. The molecule has 1 aliphatic carbocycles. The van der Waals surface area contributed by atoms with E-state index in [0.29, 0.717) is 47.5 Å². The average Bonchev–Trinajstić information content (AvgIpc) is 3.08. The second-order valence-corrected chi connectivity index (χ2v) is 10.6. The Morgan fingerprint density at radius 1 is 1.02 bits per heavy atom. The van der Waals surface area contributed by atoms with E-state index in [-0.39, 0.29) is 24.2 Å². The van der Waals surface area contributed by atoms with Crippen LogP contribution in [0.15, 0.2) is 60.7 Å². The summed E-state index contributed by atoms with van der Waals surface area (Å²) in [6.07, 6.45) is -2.41. The number of carboxylic acid groups (broad SMARTS) is 1. The van der Waals surface area contributed by atoms with Crippen LogP contribution in [0.4, 0.5) is 22.0 Å². The fraction of sp³-hybridized carbons (Fsp3) is 0.344. The molecule has 0 bridgehead atoms. The van der Waals surface area contributed by atoms with Crippen molar-refractivity contribution >= 4 is 17.1 Å². The van der Waals surface area contributed by atoms with Gasteiger partial charge in [-0.05, 0) is 95.7 Å². The maximum Gasteiger partial charge on any atom is 0.573 e. The molecule has 5 rings (SSSR count). The predicted molar refractivity (Wildman–Crippen MR) is 146 cm³/mol. The Bertz CT molecular complexity index is 1440. The Morgan fingerprint density at radius 2 is 1.78 bits per heavy atom. The number of aromatic carboxylic acids is 1. The Labute approximate surface area is 235 Å². The van der Waals surface area contributed by atoms with Crippen molar-refractivity contribution in [2.24, 2.45) is 5.92 Å². The molecular formula is C32H30F5NO3. The molecule has 1 N–H and O–H groups in total. The minimum Gasteiger partial charge on any atom is -0.478 e. The van der Waals surface area contributed by atoms with Gasteiger partial charge in [0.2, 0.25) is 0 Å². The molecule has 1 aliphatic heterocycles. The average molecular weight is 572 g/mol. The third-order valence-electron chi connectivity index (χ3n) is 7.71. The molecule has 0 amide bonds. The lowest BCUT2D eigenvalue weighted by Crippen LogP contribution is -2.47. The number of benzene rings is 3. The zero-order valence-corrected chi connectivity index (χ0v) is 22.3. The van der Waals surface area contributed by atoms with Crippen LogP contribution in [-0.4, -0.2) is 48.6 Å². The topological polar surface area (TPSA) is 49.8 Å². The van der Waals surface area contributed by atoms with Crippen molar-refractivity contribution in [2.75, 3.05) is 26.3 Å². The summed E-state index contributed by atoms with van der Waals surface area (Å²) in [5, 5.41) is 9.53. The van der Waals surface area contributed by atoms with Crippen LogP contribution in [0, 0.1) is 11.7 Å². The number of aryl methyl sites for hydroxylation is 1. The second kappa shape index (κ2) is 12.0. The van der Waals surface area contributed by atoms with Gasteiger partial charge in [0, 0.05) is 19.6 Å². The first-order valence-electron chi connectivity index (χ1n) is 13.6. The molecule has 9 heteroatoms. The van der Waals surface area contributed by atoms with Gasteiger partial charge in [-0.1, -0.05) is 36.4 Å². The summed E-state index contributed by atoms with van der Waals surface area (Å²) < 4.78 is 72.0. The second-order valence-electron chi connectivity index (χ2n) is 10.6. The first-order valence-corrected chi connectivity index (χ1v) is 13.6. The number of hydrogen-bond acceptors (Lipinski definition) is 3. The van der Waals surface area contributed by atoms with E-state index >= 15 is 4.39 Å². The van der Waals surface area contributed by atoms with E-state index in [1.807, 2.05) is 24.3 Å². The summed E-state index contributed by atoms with van der Waals surface area (Å²) in [5.74, 6) is -2.07. The highest BCUT2D eigenvalue weighted by Crippen LogP contribution is 2.44. The Kier molecular flexibility index (Phi) is 8.45. The highest BCUT2D eigenvalue weighted by molar-refractivity contribution is 6.01. The van der Waals surface area contributed by atoms with Crippen LogP contribution >= 0.6 is 0 Å². The van der Waals surface area contributed by atoms with Gasteiger partial charge in [0.25, 0.3) is 0 Å². The van der Waals surface area contributed by atoms with Crippen LogP contribution in [0.25, 0.3) is 11.1 Å². The van der Waals surface area contributed by atoms with E-state index in [0.717, 1.165) is 49.3 Å². The summed E-state index contributed by atoms with van der Waals surface area (Å²) in [5.41, 5.74) is 3.95. The number of halogens is 5. The van der Waals surface area contributed by atoms with Gasteiger partial charge in [-0.2, -0.15) is 0 Å². The lowest BCUT2D eigenvalue weighted by Gasteiger charge is -2.39. The number of carboxylic acids is 1. The van der Waals surface area contributed by atoms with E-state index in [1.165, 1.54) is 12.1 Å². The van der Waals surface area contributed by atoms with E-state index < -0.39 is 23.9 Å². The molecule has 4 nitrogen and oxygen atoms in total. The quantitative estimate of drug-likeness (QED) is 0.270. The number of hydrogen-bond donors (Lipinski definition) is 1. The molecular weight excluding hydrogens is 541 g/mol. The number of rotatable bonds is 9. The number of likely N-dealkylation sites (tertiary alicyclic amines) is 1. The number of nitrogens with zero attached hydrogens (tertiary/aromatic N) is 1. The van der Waals surface area contributed by atoms with Crippen molar-refractivity contribution in [3.63, 3.8) is 0 Å². The van der Waals surface area contributed by atoms with Crippen molar-refractivity contribution < 1.29 is 36.6 Å². The number of carbonyl (C=O) groups is 1. The van der Waals surface area contributed by atoms with Gasteiger partial charge in [0.05, 0.1) is 17.8 Å². The zero-order chi connectivity index (χ0) is 29.1. The maximum atomic E-state index is 15.4. The standard InChI is InChI=1S/C32H30F5NO3/c33-14-3-15-38-18-21(19-38)16-20-8-10-22(11-9-20)29-25-13-12-24(31(39)40)17-23(25)4-1-5-26(29)30-27(34)6-2-7-28(30)41-32(35,36)37/h2,6-13,17,21H,1,3-5,14-16,18-19H2,(H,39,40). The zero-order valence-electron chi connectivity index (χ0n) is 22.3. The molecule has 0 unspecified atom stereocenters. The molecule has 3 aromatic carbocycles. The van der Waals surface area contributed by atoms with Gasteiger partial charge in [-0.3, -0.25) is 4.39 Å². The third kappa shape index (κ3) is 6.62. The van der Waals surface area contributed by atoms with Crippen LogP contribution in [0.1, 0.15) is 57.4 Å². The molecule has 0 radical (unpaired) electrons. The van der Waals surface area contributed by atoms with E-state index in [1.54, 1.807) is 12.1 Å². The van der Waals surface area contributed by atoms with E-state index in [4.69, 9.17) is 0 Å². The maximum absolute atomic E-state index is 15.4. The molecule has 41 heavy (non-hydrogen) atoms. The molecule has 3 aromatic rings. The minimum absolute atomic E-state index is 0.106. The van der Waals surface area contributed by atoms with Crippen LogP contribution in [0.3, 0.4) is 0 Å². The van der Waals surface area contributed by atoms with Crippen molar-refractivity contribution in [3.05, 3.63) is 99.9 Å². The SMILES string of the molecule is O=C(O)c1ccc2c(c1)CCCC(c1c(F)cccc1OC(F)(F)F)=C2c1ccc(CC2CN(CCCF)C2)cc1. The molecule has 1 heterocycles. The number of allylic oxidation sites excluding steroid dienone is 1. The van der Waals surface area contributed by atoms with Crippen molar-refractivity contribution in [3.8, 4) is 5.75 Å². The number of ether oxygens (including phenoxy) is 1. The molecule has 1 saturated heterocycles. The van der Waals surface area contributed by atoms with E-state index in [2.05, 4.69) is 9.64 Å². The number of alkyl halides is 4. The molecule has 0 aromatic heterocycles. The third-order valence-corrected chi connectivity index (χ3v) is 7.71. The van der Waals surface area contributed by atoms with Gasteiger partial charge in [-0.15, -0.1) is 13.2 Å². The molecule has 0 saturated carbocycles. The highest BCUT2D eigenvalue weighted by Gasteiger charge is 2.34. The summed E-state index contributed by atoms with van der Waals surface area (Å²) in [6, 6.07) is 15.8. The number of fused-ring (bicyclic) bond motifs is 1. The summed E-state index contributed by atoms with van der Waals surface area (Å²) in [4.78, 5) is 13.9. The fourth-order valence-corrected chi connectivity index (χ4v) is 5.92. The van der Waals surface area contributed by atoms with Gasteiger partial charge < -0.3 is 14.7 Å². The van der Waals surface area contributed by atoms with Gasteiger partial charge in [0.15, 0.2) is 0 Å². The summed E-state index contributed by atoms with van der Waals surface area (Å²) in [6.45, 7) is 2.25. The Balaban J connectivity index is 1.57. The summed E-state index contributed by atoms with van der Waals surface area (Å²) in [7, 11) is 0. The van der Waals surface area contributed by atoms with Crippen molar-refractivity contribution in [1.29, 1.82) is 0 Å². The highest BCUT2D eigenvalue weighted by atomic mass is 19.4. The van der Waals surface area contributed by atoms with E-state index in [9.17, 15) is 27.5 Å². The lowest BCUT2D eigenvalue weighted by atomic mass is 9.85. The largest absolute Gasteiger partial charge is 0.573 e. The first-order chi connectivity index (χ1) is 19.6. The monoisotopic (exact) mass is 571 g/mol. The van der Waals surface area contributed by atoms with Crippen molar-refractivity contribution in [2.45, 2.75) is 38.5 Å². The predicted octanol–water partition coefficient (Wildman–Crippen LogP) is 7.55.